The molecular formula is C36H43N3O5. The van der Waals surface area contributed by atoms with Crippen LogP contribution in [0.25, 0.3) is 0 Å². The van der Waals surface area contributed by atoms with E-state index in [2.05, 4.69) is 11.4 Å². The van der Waals surface area contributed by atoms with E-state index in [0.29, 0.717) is 19.5 Å². The lowest BCUT2D eigenvalue weighted by Gasteiger charge is -2.46. The van der Waals surface area contributed by atoms with Crippen LogP contribution in [0.4, 0.5) is 4.79 Å². The van der Waals surface area contributed by atoms with Gasteiger partial charge in [0.15, 0.2) is 0 Å². The molecule has 3 atom stereocenters. The van der Waals surface area contributed by atoms with Crippen LogP contribution in [0.15, 0.2) is 78.9 Å². The van der Waals surface area contributed by atoms with E-state index in [1.165, 1.54) is 4.90 Å². The summed E-state index contributed by atoms with van der Waals surface area (Å²) < 4.78 is 5.58. The fraction of sp³-hybridized carbons (Fsp3) is 0.417. The predicted molar refractivity (Wildman–Crippen MR) is 170 cm³/mol. The molecule has 1 unspecified atom stereocenters. The molecule has 3 amide bonds. The number of benzene rings is 3. The van der Waals surface area contributed by atoms with Crippen molar-refractivity contribution in [2.45, 2.75) is 70.5 Å². The SMILES string of the molecule is COc1ccccc1C1CCN(C(=O)[C@@H](Cc2ccccc2)NC(=O)[C@@H]2Cc3ccccc3C(C(C)(C)C)N2C(=O)O)CC1. The maximum atomic E-state index is 14.1. The number of rotatable bonds is 7. The number of nitrogens with zero attached hydrogens (tertiary/aromatic N) is 2. The van der Waals surface area contributed by atoms with Crippen molar-refractivity contribution in [2.24, 2.45) is 5.41 Å². The molecule has 8 heteroatoms. The first-order chi connectivity index (χ1) is 21.1. The van der Waals surface area contributed by atoms with E-state index in [1.54, 1.807) is 7.11 Å². The Kier molecular flexibility index (Phi) is 9.28. The first kappa shape index (κ1) is 31.1. The Labute approximate surface area is 260 Å². The quantitative estimate of drug-likeness (QED) is 0.358. The minimum Gasteiger partial charge on any atom is -0.496 e. The highest BCUT2D eigenvalue weighted by Gasteiger charge is 2.46. The van der Waals surface area contributed by atoms with Crippen LogP contribution < -0.4 is 10.1 Å². The number of hydrogen-bond donors (Lipinski definition) is 2. The average Bonchev–Trinajstić information content (AvgIpc) is 3.03. The van der Waals surface area contributed by atoms with E-state index in [4.69, 9.17) is 4.74 Å². The van der Waals surface area contributed by atoms with Crippen LogP contribution in [0.1, 0.15) is 67.8 Å². The molecule has 0 radical (unpaired) electrons. The molecule has 0 spiro atoms. The molecule has 8 nitrogen and oxygen atoms in total. The van der Waals surface area contributed by atoms with Gasteiger partial charge in [-0.25, -0.2) is 4.79 Å². The molecule has 2 heterocycles. The molecule has 0 aliphatic carbocycles. The summed E-state index contributed by atoms with van der Waals surface area (Å²) in [5, 5.41) is 13.4. The molecule has 2 N–H and O–H groups in total. The van der Waals surface area contributed by atoms with Gasteiger partial charge in [-0.2, -0.15) is 0 Å². The fourth-order valence-electron chi connectivity index (χ4n) is 6.92. The monoisotopic (exact) mass is 597 g/mol. The number of nitrogens with one attached hydrogen (secondary N) is 1. The third kappa shape index (κ3) is 6.59. The minimum absolute atomic E-state index is 0.147. The van der Waals surface area contributed by atoms with Gasteiger partial charge in [-0.05, 0) is 52.5 Å². The Balaban J connectivity index is 1.38. The summed E-state index contributed by atoms with van der Waals surface area (Å²) in [6.45, 7) is 7.09. The lowest BCUT2D eigenvalue weighted by molar-refractivity contribution is -0.139. The lowest BCUT2D eigenvalue weighted by atomic mass is 9.75. The molecule has 44 heavy (non-hydrogen) atoms. The predicted octanol–water partition coefficient (Wildman–Crippen LogP) is 5.82. The van der Waals surface area contributed by atoms with Gasteiger partial charge in [-0.15, -0.1) is 0 Å². The maximum absolute atomic E-state index is 14.1. The van der Waals surface area contributed by atoms with Crippen molar-refractivity contribution in [1.29, 1.82) is 0 Å². The average molecular weight is 598 g/mol. The Morgan fingerprint density at radius 3 is 2.16 bits per heavy atom. The topological polar surface area (TPSA) is 99.2 Å². The third-order valence-corrected chi connectivity index (χ3v) is 9.00. The molecule has 3 aromatic carbocycles. The summed E-state index contributed by atoms with van der Waals surface area (Å²) in [6.07, 6.45) is 0.993. The Hall–Kier alpha value is -4.33. The van der Waals surface area contributed by atoms with Gasteiger partial charge in [-0.1, -0.05) is 93.6 Å². The highest BCUT2D eigenvalue weighted by Crippen LogP contribution is 2.44. The van der Waals surface area contributed by atoms with E-state index < -0.39 is 35.5 Å². The van der Waals surface area contributed by atoms with Crippen molar-refractivity contribution in [3.8, 4) is 5.75 Å². The number of hydrogen-bond acceptors (Lipinski definition) is 4. The number of carbonyl (C=O) groups excluding carboxylic acids is 2. The van der Waals surface area contributed by atoms with Gasteiger partial charge < -0.3 is 20.1 Å². The minimum atomic E-state index is -1.15. The van der Waals surface area contributed by atoms with Gasteiger partial charge in [-0.3, -0.25) is 14.5 Å². The van der Waals surface area contributed by atoms with E-state index in [1.807, 2.05) is 98.5 Å². The van der Waals surface area contributed by atoms with Gasteiger partial charge in [0.1, 0.15) is 17.8 Å². The molecule has 1 fully saturated rings. The summed E-state index contributed by atoms with van der Waals surface area (Å²) in [4.78, 5) is 44.0. The molecule has 0 bridgehead atoms. The zero-order valence-electron chi connectivity index (χ0n) is 26.0. The van der Waals surface area contributed by atoms with Crippen LogP contribution in [0.5, 0.6) is 5.75 Å². The number of methoxy groups -OCH3 is 1. The summed E-state index contributed by atoms with van der Waals surface area (Å²) in [7, 11) is 1.68. The van der Waals surface area contributed by atoms with Crippen LogP contribution in [0.2, 0.25) is 0 Å². The van der Waals surface area contributed by atoms with Crippen LogP contribution in [0, 0.1) is 5.41 Å². The van der Waals surface area contributed by atoms with Crippen LogP contribution in [-0.4, -0.2) is 65.1 Å². The number of ether oxygens (including phenoxy) is 1. The van der Waals surface area contributed by atoms with Crippen molar-refractivity contribution < 1.29 is 24.2 Å². The summed E-state index contributed by atoms with van der Waals surface area (Å²) in [5.74, 6) is 0.538. The first-order valence-corrected chi connectivity index (χ1v) is 15.4. The van der Waals surface area contributed by atoms with E-state index in [-0.39, 0.29) is 18.2 Å². The molecule has 232 valence electrons. The van der Waals surface area contributed by atoms with Crippen molar-refractivity contribution in [3.63, 3.8) is 0 Å². The molecule has 2 aliphatic heterocycles. The van der Waals surface area contributed by atoms with E-state index >= 15 is 0 Å². The number of likely N-dealkylation sites (tertiary alicyclic amines) is 1. The summed E-state index contributed by atoms with van der Waals surface area (Å²) in [5.41, 5.74) is 3.48. The molecular weight excluding hydrogens is 554 g/mol. The zero-order chi connectivity index (χ0) is 31.4. The normalized spacial score (nSPS) is 19.5. The number of fused-ring (bicyclic) bond motifs is 1. The van der Waals surface area contributed by atoms with E-state index in [9.17, 15) is 19.5 Å². The standard InChI is InChI=1S/C36H43N3O5/c1-36(2,3)32-28-16-9-8-14-26(28)23-30(39(32)35(42)43)33(40)37-29(22-24-12-6-5-7-13-24)34(41)38-20-18-25(19-21-38)27-15-10-11-17-31(27)44-4/h5-17,25,29-30,32H,18-23H2,1-4H3,(H,37,40)(H,42,43)/t29-,30+,32?/m1/s1. The molecule has 5 rings (SSSR count). The van der Waals surface area contributed by atoms with Crippen molar-refractivity contribution >= 4 is 17.9 Å². The first-order valence-electron chi connectivity index (χ1n) is 15.4. The van der Waals surface area contributed by atoms with Crippen molar-refractivity contribution in [2.75, 3.05) is 20.2 Å². The fourth-order valence-corrected chi connectivity index (χ4v) is 6.92. The van der Waals surface area contributed by atoms with Gasteiger partial charge in [0.25, 0.3) is 0 Å². The molecule has 1 saturated heterocycles. The van der Waals surface area contributed by atoms with Crippen LogP contribution >= 0.6 is 0 Å². The molecule has 0 aromatic heterocycles. The number of carbonyl (C=O) groups is 3. The second-order valence-electron chi connectivity index (χ2n) is 13.0. The largest absolute Gasteiger partial charge is 0.496 e. The molecule has 2 aliphatic rings. The van der Waals surface area contributed by atoms with Crippen molar-refractivity contribution in [3.05, 3.63) is 101 Å². The summed E-state index contributed by atoms with van der Waals surface area (Å²) in [6, 6.07) is 23.1. The maximum Gasteiger partial charge on any atom is 0.408 e. The Bertz CT molecular complexity index is 1480. The lowest BCUT2D eigenvalue weighted by Crippen LogP contribution is -2.60. The zero-order valence-corrected chi connectivity index (χ0v) is 26.0. The second kappa shape index (κ2) is 13.1. The molecule has 0 saturated carbocycles. The Morgan fingerprint density at radius 1 is 0.909 bits per heavy atom. The smallest absolute Gasteiger partial charge is 0.408 e. The third-order valence-electron chi connectivity index (χ3n) is 9.00. The van der Waals surface area contributed by atoms with E-state index in [0.717, 1.165) is 40.8 Å². The van der Waals surface area contributed by atoms with Crippen LogP contribution in [0.3, 0.4) is 0 Å². The second-order valence-corrected chi connectivity index (χ2v) is 13.0. The van der Waals surface area contributed by atoms with Gasteiger partial charge in [0, 0.05) is 25.9 Å². The van der Waals surface area contributed by atoms with Gasteiger partial charge >= 0.3 is 6.09 Å². The highest BCUT2D eigenvalue weighted by molar-refractivity contribution is 5.92. The number of carboxylic acid groups (broad SMARTS) is 1. The summed E-state index contributed by atoms with van der Waals surface area (Å²) >= 11 is 0. The van der Waals surface area contributed by atoms with Gasteiger partial charge in [0.05, 0.1) is 13.2 Å². The van der Waals surface area contributed by atoms with Crippen LogP contribution in [-0.2, 0) is 22.4 Å². The van der Waals surface area contributed by atoms with Gasteiger partial charge in [0.2, 0.25) is 11.8 Å². The number of para-hydroxylation sites is 1. The van der Waals surface area contributed by atoms with Crippen molar-refractivity contribution in [1.82, 2.24) is 15.1 Å². The number of piperidine rings is 1. The number of amides is 3. The highest BCUT2D eigenvalue weighted by atomic mass is 16.5. The Morgan fingerprint density at radius 2 is 1.52 bits per heavy atom. The molecule has 3 aromatic rings.